The first-order valence-electron chi connectivity index (χ1n) is 12.2. The summed E-state index contributed by atoms with van der Waals surface area (Å²) >= 11 is 0. The summed E-state index contributed by atoms with van der Waals surface area (Å²) in [5.74, 6) is 0.708. The Morgan fingerprint density at radius 1 is 1.00 bits per heavy atom. The van der Waals surface area contributed by atoms with E-state index in [0.717, 1.165) is 45.2 Å². The van der Waals surface area contributed by atoms with E-state index in [1.165, 1.54) is 0 Å². The smallest absolute Gasteiger partial charge is 0.260 e. The van der Waals surface area contributed by atoms with Gasteiger partial charge in [-0.3, -0.25) is 14.4 Å². The standard InChI is InChI=1S/C25H37N3O5/c1-4-32-22-15-19(10-11-21(22)33-17-23(29)27-12-6-5-7-13-27)25(31)28-14-8-9-20(16-28)26-24(30)18(2)3/h10-11,15,18,20H,4-9,12-14,16-17H2,1-3H3,(H,26,30). The summed E-state index contributed by atoms with van der Waals surface area (Å²) in [4.78, 5) is 41.3. The first-order chi connectivity index (χ1) is 15.9. The average Bonchev–Trinajstić information content (AvgIpc) is 2.83. The molecule has 0 aromatic heterocycles. The number of hydrogen-bond donors (Lipinski definition) is 1. The number of ether oxygens (including phenoxy) is 2. The number of carbonyl (C=O) groups excluding carboxylic acids is 3. The van der Waals surface area contributed by atoms with E-state index in [9.17, 15) is 14.4 Å². The Labute approximate surface area is 196 Å². The van der Waals surface area contributed by atoms with Crippen molar-refractivity contribution >= 4 is 17.7 Å². The Kier molecular flexibility index (Phi) is 8.97. The van der Waals surface area contributed by atoms with Crippen molar-refractivity contribution < 1.29 is 23.9 Å². The monoisotopic (exact) mass is 459 g/mol. The van der Waals surface area contributed by atoms with Crippen LogP contribution in [0.15, 0.2) is 18.2 Å². The van der Waals surface area contributed by atoms with Crippen LogP contribution in [0.25, 0.3) is 0 Å². The molecule has 33 heavy (non-hydrogen) atoms. The molecule has 0 spiro atoms. The van der Waals surface area contributed by atoms with E-state index in [1.807, 2.05) is 25.7 Å². The maximum absolute atomic E-state index is 13.2. The molecular weight excluding hydrogens is 422 g/mol. The Bertz CT molecular complexity index is 835. The molecule has 1 aromatic rings. The zero-order valence-corrected chi connectivity index (χ0v) is 20.1. The van der Waals surface area contributed by atoms with Crippen LogP contribution >= 0.6 is 0 Å². The van der Waals surface area contributed by atoms with Crippen molar-refractivity contribution in [2.75, 3.05) is 39.4 Å². The van der Waals surface area contributed by atoms with Crippen LogP contribution in [-0.4, -0.2) is 73.0 Å². The average molecular weight is 460 g/mol. The summed E-state index contributed by atoms with van der Waals surface area (Å²) in [6.07, 6.45) is 4.93. The molecule has 1 unspecified atom stereocenters. The van der Waals surface area contributed by atoms with Crippen molar-refractivity contribution in [2.45, 2.75) is 58.9 Å². The number of amides is 3. The minimum absolute atomic E-state index is 0.00790. The summed E-state index contributed by atoms with van der Waals surface area (Å²) in [6.45, 7) is 8.66. The molecule has 3 rings (SSSR count). The molecule has 8 nitrogen and oxygen atoms in total. The van der Waals surface area contributed by atoms with E-state index >= 15 is 0 Å². The van der Waals surface area contributed by atoms with Crippen LogP contribution in [0, 0.1) is 5.92 Å². The lowest BCUT2D eigenvalue weighted by Crippen LogP contribution is -2.50. The van der Waals surface area contributed by atoms with Crippen molar-refractivity contribution in [3.8, 4) is 11.5 Å². The van der Waals surface area contributed by atoms with Crippen molar-refractivity contribution in [1.82, 2.24) is 15.1 Å². The predicted molar refractivity (Wildman–Crippen MR) is 125 cm³/mol. The number of hydrogen-bond acceptors (Lipinski definition) is 5. The quantitative estimate of drug-likeness (QED) is 0.646. The summed E-state index contributed by atoms with van der Waals surface area (Å²) in [5.41, 5.74) is 0.504. The minimum Gasteiger partial charge on any atom is -0.490 e. The van der Waals surface area contributed by atoms with Gasteiger partial charge in [-0.25, -0.2) is 0 Å². The van der Waals surface area contributed by atoms with Gasteiger partial charge in [-0.15, -0.1) is 0 Å². The Morgan fingerprint density at radius 3 is 2.42 bits per heavy atom. The van der Waals surface area contributed by atoms with Crippen LogP contribution in [0.2, 0.25) is 0 Å². The first kappa shape index (κ1) is 24.9. The third-order valence-corrected chi connectivity index (χ3v) is 6.13. The number of carbonyl (C=O) groups is 3. The second-order valence-corrected chi connectivity index (χ2v) is 9.08. The van der Waals surface area contributed by atoms with Crippen LogP contribution in [0.3, 0.4) is 0 Å². The topological polar surface area (TPSA) is 88.2 Å². The highest BCUT2D eigenvalue weighted by Gasteiger charge is 2.27. The van der Waals surface area contributed by atoms with E-state index in [0.29, 0.717) is 36.8 Å². The summed E-state index contributed by atoms with van der Waals surface area (Å²) < 4.78 is 11.5. The van der Waals surface area contributed by atoms with E-state index in [4.69, 9.17) is 9.47 Å². The first-order valence-corrected chi connectivity index (χ1v) is 12.2. The van der Waals surface area contributed by atoms with Crippen LogP contribution in [-0.2, 0) is 9.59 Å². The minimum atomic E-state index is -0.101. The molecule has 182 valence electrons. The molecule has 8 heteroatoms. The normalized spacial score (nSPS) is 18.7. The van der Waals surface area contributed by atoms with Crippen LogP contribution in [0.4, 0.5) is 0 Å². The number of likely N-dealkylation sites (tertiary alicyclic amines) is 2. The van der Waals surface area contributed by atoms with Gasteiger partial charge in [0, 0.05) is 43.7 Å². The SMILES string of the molecule is CCOc1cc(C(=O)N2CCCC(NC(=O)C(C)C)C2)ccc1OCC(=O)N1CCCCC1. The highest BCUT2D eigenvalue weighted by Crippen LogP contribution is 2.29. The molecule has 0 radical (unpaired) electrons. The van der Waals surface area contributed by atoms with Gasteiger partial charge < -0.3 is 24.6 Å². The highest BCUT2D eigenvalue weighted by molar-refractivity contribution is 5.95. The molecule has 1 atom stereocenters. The molecule has 0 saturated carbocycles. The van der Waals surface area contributed by atoms with Crippen molar-refractivity contribution in [3.63, 3.8) is 0 Å². The van der Waals surface area contributed by atoms with Gasteiger partial charge >= 0.3 is 0 Å². The molecule has 2 aliphatic heterocycles. The second kappa shape index (κ2) is 11.9. The van der Waals surface area contributed by atoms with E-state index in [1.54, 1.807) is 23.1 Å². The molecular formula is C25H37N3O5. The number of benzene rings is 1. The summed E-state index contributed by atoms with van der Waals surface area (Å²) in [5, 5.41) is 3.04. The Hall–Kier alpha value is -2.77. The number of piperidine rings is 2. The zero-order chi connectivity index (χ0) is 23.8. The molecule has 2 saturated heterocycles. The van der Waals surface area contributed by atoms with Gasteiger partial charge in [0.25, 0.3) is 11.8 Å². The van der Waals surface area contributed by atoms with Gasteiger partial charge in [-0.2, -0.15) is 0 Å². The Balaban J connectivity index is 1.64. The van der Waals surface area contributed by atoms with Crippen LogP contribution in [0.1, 0.15) is 63.2 Å². The summed E-state index contributed by atoms with van der Waals surface area (Å²) in [6, 6.07) is 5.06. The van der Waals surface area contributed by atoms with E-state index < -0.39 is 0 Å². The number of nitrogens with zero attached hydrogens (tertiary/aromatic N) is 2. The van der Waals surface area contributed by atoms with Crippen molar-refractivity contribution in [2.24, 2.45) is 5.92 Å². The molecule has 2 fully saturated rings. The summed E-state index contributed by atoms with van der Waals surface area (Å²) in [7, 11) is 0. The van der Waals surface area contributed by atoms with E-state index in [2.05, 4.69) is 5.32 Å². The molecule has 1 aromatic carbocycles. The molecule has 2 aliphatic rings. The maximum Gasteiger partial charge on any atom is 0.260 e. The Morgan fingerprint density at radius 2 is 1.73 bits per heavy atom. The fourth-order valence-corrected chi connectivity index (χ4v) is 4.23. The van der Waals surface area contributed by atoms with Gasteiger partial charge in [0.2, 0.25) is 5.91 Å². The number of rotatable bonds is 8. The fourth-order valence-electron chi connectivity index (χ4n) is 4.23. The zero-order valence-electron chi connectivity index (χ0n) is 20.1. The number of nitrogens with one attached hydrogen (secondary N) is 1. The van der Waals surface area contributed by atoms with Gasteiger partial charge in [0.1, 0.15) is 0 Å². The van der Waals surface area contributed by atoms with E-state index in [-0.39, 0.29) is 36.3 Å². The van der Waals surface area contributed by atoms with Gasteiger partial charge in [-0.05, 0) is 57.2 Å². The molecule has 3 amide bonds. The predicted octanol–water partition coefficient (Wildman–Crippen LogP) is 2.85. The van der Waals surface area contributed by atoms with Gasteiger partial charge in [0.05, 0.1) is 6.61 Å². The van der Waals surface area contributed by atoms with Crippen molar-refractivity contribution in [1.29, 1.82) is 0 Å². The molecule has 2 heterocycles. The maximum atomic E-state index is 13.2. The lowest BCUT2D eigenvalue weighted by atomic mass is 10.0. The molecule has 0 aliphatic carbocycles. The van der Waals surface area contributed by atoms with Crippen LogP contribution < -0.4 is 14.8 Å². The molecule has 1 N–H and O–H groups in total. The highest BCUT2D eigenvalue weighted by atomic mass is 16.5. The largest absolute Gasteiger partial charge is 0.490 e. The second-order valence-electron chi connectivity index (χ2n) is 9.08. The third-order valence-electron chi connectivity index (χ3n) is 6.13. The lowest BCUT2D eigenvalue weighted by Gasteiger charge is -2.33. The molecule has 0 bridgehead atoms. The third kappa shape index (κ3) is 6.85. The van der Waals surface area contributed by atoms with Gasteiger partial charge in [0.15, 0.2) is 18.1 Å². The van der Waals surface area contributed by atoms with Crippen LogP contribution in [0.5, 0.6) is 11.5 Å². The fraction of sp³-hybridized carbons (Fsp3) is 0.640. The lowest BCUT2D eigenvalue weighted by molar-refractivity contribution is -0.134. The van der Waals surface area contributed by atoms with Gasteiger partial charge in [-0.1, -0.05) is 13.8 Å². The van der Waals surface area contributed by atoms with Crippen molar-refractivity contribution in [3.05, 3.63) is 23.8 Å².